The lowest BCUT2D eigenvalue weighted by molar-refractivity contribution is -0.139. The lowest BCUT2D eigenvalue weighted by atomic mass is 10.1. The normalized spacial score (nSPS) is 12.0. The minimum absolute atomic E-state index is 0.00921. The van der Waals surface area contributed by atoms with Gasteiger partial charge in [0.2, 0.25) is 11.8 Å². The highest BCUT2D eigenvalue weighted by Crippen LogP contribution is 2.33. The maximum atomic E-state index is 13.8. The Hall–Kier alpha value is -2.59. The van der Waals surface area contributed by atoms with E-state index in [1.807, 2.05) is 24.3 Å². The highest BCUT2D eigenvalue weighted by atomic mass is 79.9. The van der Waals surface area contributed by atoms with Crippen molar-refractivity contribution in [2.45, 2.75) is 31.3 Å². The maximum absolute atomic E-state index is 13.8. The van der Waals surface area contributed by atoms with Gasteiger partial charge in [-0.2, -0.15) is 0 Å². The molecular weight excluding hydrogens is 601 g/mol. The monoisotopic (exact) mass is 625 g/mol. The summed E-state index contributed by atoms with van der Waals surface area (Å²) in [7, 11) is -4.20. The number of halogens is 3. The van der Waals surface area contributed by atoms with Gasteiger partial charge in [-0.15, -0.1) is 0 Å². The van der Waals surface area contributed by atoms with Crippen molar-refractivity contribution in [2.75, 3.05) is 17.4 Å². The highest BCUT2D eigenvalue weighted by molar-refractivity contribution is 9.10. The molecule has 0 aliphatic heterocycles. The Kier molecular flexibility index (Phi) is 10.0. The van der Waals surface area contributed by atoms with Crippen LogP contribution in [0.5, 0.6) is 0 Å². The summed E-state index contributed by atoms with van der Waals surface area (Å²) in [4.78, 5) is 27.8. The van der Waals surface area contributed by atoms with Crippen LogP contribution in [-0.4, -0.2) is 44.3 Å². The predicted octanol–water partition coefficient (Wildman–Crippen LogP) is 5.50. The molecule has 0 heterocycles. The second-order valence-electron chi connectivity index (χ2n) is 8.14. The fourth-order valence-electron chi connectivity index (χ4n) is 3.61. The SMILES string of the molecule is CCNC(=O)[C@H](C)N(Cc1ccc(Br)cc1)C(=O)CN(c1ccc(Cl)cc1Cl)S(=O)(=O)c1ccccc1. The second-order valence-corrected chi connectivity index (χ2v) is 11.8. The van der Waals surface area contributed by atoms with E-state index in [0.717, 1.165) is 14.3 Å². The van der Waals surface area contributed by atoms with E-state index in [4.69, 9.17) is 23.2 Å². The molecule has 0 aliphatic rings. The number of amides is 2. The first kappa shape index (κ1) is 29.0. The smallest absolute Gasteiger partial charge is 0.264 e. The van der Waals surface area contributed by atoms with E-state index in [9.17, 15) is 18.0 Å². The molecule has 0 saturated carbocycles. The molecule has 0 aromatic heterocycles. The molecule has 7 nitrogen and oxygen atoms in total. The molecule has 1 atom stereocenters. The Morgan fingerprint density at radius 2 is 1.65 bits per heavy atom. The number of hydrogen-bond acceptors (Lipinski definition) is 4. The molecular formula is C26H26BrCl2N3O4S. The molecule has 3 aromatic carbocycles. The zero-order valence-electron chi connectivity index (χ0n) is 20.2. The largest absolute Gasteiger partial charge is 0.355 e. The molecule has 0 unspecified atom stereocenters. The summed E-state index contributed by atoms with van der Waals surface area (Å²) >= 11 is 15.8. The van der Waals surface area contributed by atoms with E-state index in [2.05, 4.69) is 21.2 Å². The average molecular weight is 627 g/mol. The number of nitrogens with one attached hydrogen (secondary N) is 1. The molecule has 0 fully saturated rings. The van der Waals surface area contributed by atoms with E-state index in [-0.39, 0.29) is 28.1 Å². The summed E-state index contributed by atoms with van der Waals surface area (Å²) in [5.41, 5.74) is 0.868. The van der Waals surface area contributed by atoms with Gasteiger partial charge < -0.3 is 10.2 Å². The summed E-state index contributed by atoms with van der Waals surface area (Å²) in [6.45, 7) is 3.28. The number of anilines is 1. The molecule has 11 heteroatoms. The lowest BCUT2D eigenvalue weighted by Crippen LogP contribution is -2.51. The third-order valence-corrected chi connectivity index (χ3v) is 8.41. The third-order valence-electron chi connectivity index (χ3n) is 5.57. The number of nitrogens with zero attached hydrogens (tertiary/aromatic N) is 2. The molecule has 0 aliphatic carbocycles. The lowest BCUT2D eigenvalue weighted by Gasteiger charge is -2.32. The minimum Gasteiger partial charge on any atom is -0.355 e. The van der Waals surface area contributed by atoms with Crippen molar-refractivity contribution in [3.8, 4) is 0 Å². The van der Waals surface area contributed by atoms with Crippen LogP contribution in [0.3, 0.4) is 0 Å². The van der Waals surface area contributed by atoms with Crippen LogP contribution < -0.4 is 9.62 Å². The predicted molar refractivity (Wildman–Crippen MR) is 150 cm³/mol. The van der Waals surface area contributed by atoms with Gasteiger partial charge in [-0.05, 0) is 61.9 Å². The number of benzene rings is 3. The fourth-order valence-corrected chi connectivity index (χ4v) is 5.89. The Balaban J connectivity index is 2.04. The molecule has 3 aromatic rings. The molecule has 37 heavy (non-hydrogen) atoms. The molecule has 0 spiro atoms. The van der Waals surface area contributed by atoms with E-state index in [1.54, 1.807) is 32.0 Å². The van der Waals surface area contributed by atoms with Crippen LogP contribution in [0.25, 0.3) is 0 Å². The van der Waals surface area contributed by atoms with Crippen molar-refractivity contribution in [2.24, 2.45) is 0 Å². The van der Waals surface area contributed by atoms with Crippen molar-refractivity contribution < 1.29 is 18.0 Å². The van der Waals surface area contributed by atoms with Crippen molar-refractivity contribution in [3.05, 3.63) is 92.9 Å². The third kappa shape index (κ3) is 7.25. The Morgan fingerprint density at radius 3 is 2.24 bits per heavy atom. The van der Waals surface area contributed by atoms with Gasteiger partial charge in [-0.3, -0.25) is 13.9 Å². The quantitative estimate of drug-likeness (QED) is 0.322. The Labute approximate surface area is 235 Å². The van der Waals surface area contributed by atoms with Gasteiger partial charge in [-0.25, -0.2) is 8.42 Å². The maximum Gasteiger partial charge on any atom is 0.264 e. The summed E-state index contributed by atoms with van der Waals surface area (Å²) in [5.74, 6) is -0.929. The first-order chi connectivity index (χ1) is 17.5. The summed E-state index contributed by atoms with van der Waals surface area (Å²) in [5, 5.41) is 3.11. The topological polar surface area (TPSA) is 86.8 Å². The number of sulfonamides is 1. The molecule has 3 rings (SSSR count). The van der Waals surface area contributed by atoms with E-state index in [1.165, 1.54) is 35.2 Å². The second kappa shape index (κ2) is 12.8. The molecule has 0 bridgehead atoms. The summed E-state index contributed by atoms with van der Waals surface area (Å²) in [6, 6.07) is 18.5. The van der Waals surface area contributed by atoms with Gasteiger partial charge in [0.05, 0.1) is 15.6 Å². The van der Waals surface area contributed by atoms with Gasteiger partial charge in [0.15, 0.2) is 0 Å². The molecule has 0 radical (unpaired) electrons. The zero-order valence-corrected chi connectivity index (χ0v) is 24.1. The first-order valence-corrected chi connectivity index (χ1v) is 14.4. The van der Waals surface area contributed by atoms with Gasteiger partial charge in [0.1, 0.15) is 12.6 Å². The highest BCUT2D eigenvalue weighted by Gasteiger charge is 2.33. The van der Waals surface area contributed by atoms with Gasteiger partial charge in [-0.1, -0.05) is 69.5 Å². The number of carbonyl (C=O) groups is 2. The van der Waals surface area contributed by atoms with E-state index >= 15 is 0 Å². The van der Waals surface area contributed by atoms with Crippen LogP contribution in [0.1, 0.15) is 19.4 Å². The zero-order chi connectivity index (χ0) is 27.2. The molecule has 196 valence electrons. The molecule has 1 N–H and O–H groups in total. The Bertz CT molecular complexity index is 1360. The van der Waals surface area contributed by atoms with Crippen LogP contribution in [0.2, 0.25) is 10.0 Å². The summed E-state index contributed by atoms with van der Waals surface area (Å²) < 4.78 is 29.2. The van der Waals surface area contributed by atoms with Gasteiger partial charge in [0, 0.05) is 22.6 Å². The average Bonchev–Trinajstić information content (AvgIpc) is 2.87. The van der Waals surface area contributed by atoms with Crippen LogP contribution >= 0.6 is 39.1 Å². The number of carbonyl (C=O) groups excluding carboxylic acids is 2. The molecule has 2 amide bonds. The van der Waals surface area contributed by atoms with Crippen LogP contribution in [0, 0.1) is 0 Å². The minimum atomic E-state index is -4.20. The standard InChI is InChI=1S/C26H26BrCl2N3O4S/c1-3-30-26(34)18(2)31(16-19-9-11-20(27)12-10-19)25(33)17-32(24-14-13-21(28)15-23(24)29)37(35,36)22-7-5-4-6-8-22/h4-15,18H,3,16-17H2,1-2H3,(H,30,34)/t18-/m0/s1. The summed E-state index contributed by atoms with van der Waals surface area (Å²) in [6.07, 6.45) is 0. The van der Waals surface area contributed by atoms with Crippen molar-refractivity contribution >= 4 is 66.7 Å². The number of likely N-dealkylation sites (N-methyl/N-ethyl adjacent to an activating group) is 1. The van der Waals surface area contributed by atoms with E-state index in [0.29, 0.717) is 11.6 Å². The van der Waals surface area contributed by atoms with Crippen molar-refractivity contribution in [1.82, 2.24) is 10.2 Å². The van der Waals surface area contributed by atoms with Crippen LogP contribution in [-0.2, 0) is 26.2 Å². The van der Waals surface area contributed by atoms with E-state index < -0.39 is 28.5 Å². The van der Waals surface area contributed by atoms with Crippen LogP contribution in [0.4, 0.5) is 5.69 Å². The first-order valence-electron chi connectivity index (χ1n) is 11.4. The molecule has 0 saturated heterocycles. The number of hydrogen-bond donors (Lipinski definition) is 1. The van der Waals surface area contributed by atoms with Crippen molar-refractivity contribution in [3.63, 3.8) is 0 Å². The van der Waals surface area contributed by atoms with Gasteiger partial charge >= 0.3 is 0 Å². The fraction of sp³-hybridized carbons (Fsp3) is 0.231. The van der Waals surface area contributed by atoms with Gasteiger partial charge in [0.25, 0.3) is 10.0 Å². The van der Waals surface area contributed by atoms with Crippen LogP contribution in [0.15, 0.2) is 82.2 Å². The van der Waals surface area contributed by atoms with Crippen molar-refractivity contribution in [1.29, 1.82) is 0 Å². The number of rotatable bonds is 10. The Morgan fingerprint density at radius 1 is 1.00 bits per heavy atom.